The van der Waals surface area contributed by atoms with Gasteiger partial charge in [0.25, 0.3) is 0 Å². The Morgan fingerprint density at radius 1 is 0.461 bits per heavy atom. The van der Waals surface area contributed by atoms with Gasteiger partial charge in [-0.1, -0.05) is 306 Å². The predicted molar refractivity (Wildman–Crippen MR) is 323 cm³/mol. The average molecular weight is 1070 g/mol. The largest absolute Gasteiger partial charge is 0.394 e. The Bertz CT molecular complexity index is 1340. The van der Waals surface area contributed by atoms with Crippen molar-refractivity contribution in [1.82, 2.24) is 5.32 Å². The summed E-state index contributed by atoms with van der Waals surface area (Å²) in [7, 11) is 0. The second kappa shape index (κ2) is 56.4. The van der Waals surface area contributed by atoms with E-state index in [1.165, 1.54) is 225 Å². The lowest BCUT2D eigenvalue weighted by atomic mass is 9.99. The molecule has 446 valence electrons. The third-order valence-electron chi connectivity index (χ3n) is 15.7. The Morgan fingerprint density at radius 2 is 0.816 bits per heavy atom. The van der Waals surface area contributed by atoms with Crippen LogP contribution in [0.2, 0.25) is 0 Å². The average Bonchev–Trinajstić information content (AvgIpc) is 3.42. The van der Waals surface area contributed by atoms with E-state index in [-0.39, 0.29) is 12.5 Å². The van der Waals surface area contributed by atoms with Gasteiger partial charge < -0.3 is 40.3 Å². The van der Waals surface area contributed by atoms with Gasteiger partial charge in [0, 0.05) is 6.42 Å². The molecular formula is C67H125NO8. The van der Waals surface area contributed by atoms with Gasteiger partial charge in [-0.3, -0.25) is 4.79 Å². The molecule has 1 saturated heterocycles. The molecule has 1 fully saturated rings. The summed E-state index contributed by atoms with van der Waals surface area (Å²) in [5.41, 5.74) is 0. The minimum Gasteiger partial charge on any atom is -0.394 e. The van der Waals surface area contributed by atoms with E-state index in [9.17, 15) is 30.3 Å². The molecule has 7 atom stereocenters. The van der Waals surface area contributed by atoms with E-state index in [1.807, 2.05) is 0 Å². The first-order valence-corrected chi connectivity index (χ1v) is 32.8. The van der Waals surface area contributed by atoms with Crippen molar-refractivity contribution in [3.8, 4) is 0 Å². The van der Waals surface area contributed by atoms with Gasteiger partial charge in [-0.15, -0.1) is 0 Å². The maximum Gasteiger partial charge on any atom is 0.220 e. The van der Waals surface area contributed by atoms with Crippen molar-refractivity contribution >= 4 is 5.91 Å². The number of nitrogens with one attached hydrogen (secondary N) is 1. The van der Waals surface area contributed by atoms with Gasteiger partial charge in [-0.25, -0.2) is 0 Å². The molecule has 0 spiro atoms. The maximum atomic E-state index is 13.1. The standard InChI is InChI=1S/C67H125NO8/c1-3-5-7-9-11-13-15-17-19-21-23-25-27-29-31-33-35-37-39-41-43-45-47-49-51-53-55-57-63(71)68-60(59-75-67-66(74)65(73)64(72)62(58-69)76-67)61(70)56-54-52-50-48-46-44-42-40-38-36-34-32-30-28-26-24-22-20-18-16-14-12-10-8-6-4-2/h5,7,11,13,17,19,23,25,60-62,64-67,69-70,72-74H,3-4,6,8-10,12,14-16,18,20-22,24,26-59H2,1-2H3,(H,68,71)/b7-5-,13-11-,19-17-,25-23-. The van der Waals surface area contributed by atoms with E-state index in [2.05, 4.69) is 67.8 Å². The number of hydrogen-bond donors (Lipinski definition) is 6. The van der Waals surface area contributed by atoms with Crippen molar-refractivity contribution in [3.05, 3.63) is 48.6 Å². The Kier molecular flexibility index (Phi) is 53.6. The molecule has 0 bridgehead atoms. The van der Waals surface area contributed by atoms with Crippen molar-refractivity contribution in [2.45, 2.75) is 358 Å². The summed E-state index contributed by atoms with van der Waals surface area (Å²) in [5.74, 6) is -0.141. The van der Waals surface area contributed by atoms with Gasteiger partial charge in [0.05, 0.1) is 25.4 Å². The summed E-state index contributed by atoms with van der Waals surface area (Å²) < 4.78 is 11.4. The van der Waals surface area contributed by atoms with E-state index < -0.39 is 49.5 Å². The minimum absolute atomic E-state index is 0.137. The molecule has 0 aromatic heterocycles. The van der Waals surface area contributed by atoms with Crippen molar-refractivity contribution in [2.75, 3.05) is 13.2 Å². The van der Waals surface area contributed by atoms with Crippen LogP contribution in [0.4, 0.5) is 0 Å². The van der Waals surface area contributed by atoms with Crippen LogP contribution in [0.1, 0.15) is 316 Å². The number of aliphatic hydroxyl groups excluding tert-OH is 5. The maximum absolute atomic E-state index is 13.1. The molecule has 0 aromatic rings. The third-order valence-corrected chi connectivity index (χ3v) is 15.7. The number of aliphatic hydroxyl groups is 5. The summed E-state index contributed by atoms with van der Waals surface area (Å²) in [6.45, 7) is 3.77. The number of unbranched alkanes of at least 4 members (excludes halogenated alkanes) is 39. The van der Waals surface area contributed by atoms with Crippen molar-refractivity contribution in [1.29, 1.82) is 0 Å². The Labute approximate surface area is 469 Å². The van der Waals surface area contributed by atoms with Crippen LogP contribution >= 0.6 is 0 Å². The summed E-state index contributed by atoms with van der Waals surface area (Å²) in [6.07, 6.45) is 68.7. The number of carbonyl (C=O) groups is 1. The normalized spacial score (nSPS) is 19.1. The van der Waals surface area contributed by atoms with Gasteiger partial charge in [-0.2, -0.15) is 0 Å². The Hall–Kier alpha value is -1.85. The first kappa shape index (κ1) is 72.2. The summed E-state index contributed by atoms with van der Waals surface area (Å²) >= 11 is 0. The first-order valence-electron chi connectivity index (χ1n) is 32.8. The van der Waals surface area contributed by atoms with Crippen molar-refractivity contribution in [3.63, 3.8) is 0 Å². The summed E-state index contributed by atoms with van der Waals surface area (Å²) in [6, 6.07) is -0.722. The number of allylic oxidation sites excluding steroid dienone is 8. The highest BCUT2D eigenvalue weighted by Gasteiger charge is 2.44. The monoisotopic (exact) mass is 1070 g/mol. The lowest BCUT2D eigenvalue weighted by Crippen LogP contribution is -2.60. The van der Waals surface area contributed by atoms with Crippen molar-refractivity contribution in [2.24, 2.45) is 0 Å². The van der Waals surface area contributed by atoms with E-state index in [0.717, 1.165) is 64.2 Å². The first-order chi connectivity index (χ1) is 37.3. The molecule has 9 heteroatoms. The lowest BCUT2D eigenvalue weighted by Gasteiger charge is -2.40. The molecule has 1 rings (SSSR count). The van der Waals surface area contributed by atoms with E-state index in [1.54, 1.807) is 0 Å². The molecule has 9 nitrogen and oxygen atoms in total. The van der Waals surface area contributed by atoms with Crippen LogP contribution in [0.15, 0.2) is 48.6 Å². The highest BCUT2D eigenvalue weighted by atomic mass is 16.7. The molecule has 7 unspecified atom stereocenters. The molecule has 6 N–H and O–H groups in total. The fraction of sp³-hybridized carbons (Fsp3) is 0.866. The fourth-order valence-corrected chi connectivity index (χ4v) is 10.6. The topological polar surface area (TPSA) is 149 Å². The zero-order valence-electron chi connectivity index (χ0n) is 49.8. The van der Waals surface area contributed by atoms with Gasteiger partial charge in [0.15, 0.2) is 6.29 Å². The van der Waals surface area contributed by atoms with Crippen LogP contribution in [0.5, 0.6) is 0 Å². The molecule has 1 amide bonds. The van der Waals surface area contributed by atoms with Gasteiger partial charge in [0.1, 0.15) is 24.4 Å². The molecule has 0 saturated carbocycles. The smallest absolute Gasteiger partial charge is 0.220 e. The molecular weight excluding hydrogens is 947 g/mol. The van der Waals surface area contributed by atoms with Crippen molar-refractivity contribution < 1.29 is 39.8 Å². The molecule has 1 aliphatic heterocycles. The molecule has 0 aliphatic carbocycles. The Morgan fingerprint density at radius 3 is 1.21 bits per heavy atom. The van der Waals surface area contributed by atoms with Gasteiger partial charge in [-0.05, 0) is 51.4 Å². The molecule has 0 radical (unpaired) electrons. The lowest BCUT2D eigenvalue weighted by molar-refractivity contribution is -0.302. The van der Waals surface area contributed by atoms with E-state index in [4.69, 9.17) is 9.47 Å². The second-order valence-electron chi connectivity index (χ2n) is 22.9. The number of amides is 1. The predicted octanol–water partition coefficient (Wildman–Crippen LogP) is 17.2. The van der Waals surface area contributed by atoms with Crippen LogP contribution in [-0.2, 0) is 14.3 Å². The Balaban J connectivity index is 2.14. The third kappa shape index (κ3) is 44.9. The second-order valence-corrected chi connectivity index (χ2v) is 22.9. The molecule has 1 aliphatic rings. The van der Waals surface area contributed by atoms with Crippen LogP contribution in [-0.4, -0.2) is 87.5 Å². The number of rotatable bonds is 57. The fourth-order valence-electron chi connectivity index (χ4n) is 10.6. The number of carbonyl (C=O) groups excluding carboxylic acids is 1. The zero-order valence-corrected chi connectivity index (χ0v) is 49.8. The van der Waals surface area contributed by atoms with E-state index >= 15 is 0 Å². The quantitative estimate of drug-likeness (QED) is 0.0261. The molecule has 76 heavy (non-hydrogen) atoms. The van der Waals surface area contributed by atoms with E-state index in [0.29, 0.717) is 12.8 Å². The zero-order chi connectivity index (χ0) is 55.0. The summed E-state index contributed by atoms with van der Waals surface area (Å²) in [5, 5.41) is 54.9. The van der Waals surface area contributed by atoms with Crippen LogP contribution in [0, 0.1) is 0 Å². The van der Waals surface area contributed by atoms with Crippen LogP contribution < -0.4 is 5.32 Å². The molecule has 1 heterocycles. The van der Waals surface area contributed by atoms with Crippen LogP contribution in [0.3, 0.4) is 0 Å². The highest BCUT2D eigenvalue weighted by Crippen LogP contribution is 2.24. The minimum atomic E-state index is -1.55. The number of ether oxygens (including phenoxy) is 2. The highest BCUT2D eigenvalue weighted by molar-refractivity contribution is 5.76. The van der Waals surface area contributed by atoms with Crippen LogP contribution in [0.25, 0.3) is 0 Å². The molecule has 0 aromatic carbocycles. The number of hydrogen-bond acceptors (Lipinski definition) is 8. The SMILES string of the molecule is CC/C=C\C/C=C\C/C=C\C/C=C\CCCCCCCCCCCCCCCCC(=O)NC(COC1OC(CO)C(O)C(O)C1O)C(O)CCCCCCCCCCCCCCCCCCCCCCCCCCCC. The van der Waals surface area contributed by atoms with Gasteiger partial charge >= 0.3 is 0 Å². The van der Waals surface area contributed by atoms with Gasteiger partial charge in [0.2, 0.25) is 5.91 Å². The summed E-state index contributed by atoms with van der Waals surface area (Å²) in [4.78, 5) is 13.1.